The number of aliphatic carboxylic acids is 1. The molecular weight excluding hydrogens is 250 g/mol. The Morgan fingerprint density at radius 1 is 1.33 bits per heavy atom. The van der Waals surface area contributed by atoms with Crippen LogP contribution in [0.15, 0.2) is 18.2 Å². The molecule has 0 radical (unpaired) electrons. The molecule has 1 aromatic rings. The van der Waals surface area contributed by atoms with Crippen LogP contribution in [0.1, 0.15) is 18.1 Å². The molecule has 1 amide bonds. The molecule has 4 nitrogen and oxygen atoms in total. The molecule has 1 aromatic carbocycles. The van der Waals surface area contributed by atoms with E-state index in [1.807, 2.05) is 32.0 Å². The number of amides is 1. The van der Waals surface area contributed by atoms with E-state index in [1.165, 1.54) is 11.8 Å². The molecule has 0 unspecified atom stereocenters. The number of carboxylic acids is 1. The Morgan fingerprint density at radius 2 is 1.83 bits per heavy atom. The molecule has 0 spiro atoms. The molecule has 0 heterocycles. The van der Waals surface area contributed by atoms with E-state index in [0.29, 0.717) is 5.69 Å². The van der Waals surface area contributed by atoms with Gasteiger partial charge in [0.15, 0.2) is 0 Å². The highest BCUT2D eigenvalue weighted by Crippen LogP contribution is 2.26. The SMILES string of the molecule is Cc1cccc(C)c1N(C(=O)CS)[C@@H](C)C(=O)O. The predicted molar refractivity (Wildman–Crippen MR) is 74.4 cm³/mol. The molecule has 0 aliphatic rings. The number of thiol groups is 1. The van der Waals surface area contributed by atoms with Gasteiger partial charge in [0.2, 0.25) is 5.91 Å². The summed E-state index contributed by atoms with van der Waals surface area (Å²) in [7, 11) is 0. The van der Waals surface area contributed by atoms with Crippen LogP contribution in [0, 0.1) is 13.8 Å². The fraction of sp³-hybridized carbons (Fsp3) is 0.385. The highest BCUT2D eigenvalue weighted by atomic mass is 32.1. The number of hydrogen-bond donors (Lipinski definition) is 2. The summed E-state index contributed by atoms with van der Waals surface area (Å²) >= 11 is 3.95. The van der Waals surface area contributed by atoms with Gasteiger partial charge in [-0.1, -0.05) is 18.2 Å². The molecule has 0 saturated heterocycles. The van der Waals surface area contributed by atoms with E-state index in [-0.39, 0.29) is 11.7 Å². The molecule has 0 aromatic heterocycles. The second kappa shape index (κ2) is 5.91. The van der Waals surface area contributed by atoms with Crippen molar-refractivity contribution in [3.05, 3.63) is 29.3 Å². The molecule has 1 atom stereocenters. The number of benzene rings is 1. The zero-order chi connectivity index (χ0) is 13.9. The van der Waals surface area contributed by atoms with Crippen molar-refractivity contribution in [3.8, 4) is 0 Å². The van der Waals surface area contributed by atoms with Gasteiger partial charge in [0.25, 0.3) is 0 Å². The minimum Gasteiger partial charge on any atom is -0.480 e. The Balaban J connectivity index is 3.35. The van der Waals surface area contributed by atoms with Crippen molar-refractivity contribution in [1.29, 1.82) is 0 Å². The Morgan fingerprint density at radius 3 is 2.22 bits per heavy atom. The van der Waals surface area contributed by atoms with Gasteiger partial charge < -0.3 is 5.11 Å². The first-order valence-corrected chi connectivity index (χ1v) is 6.25. The lowest BCUT2D eigenvalue weighted by atomic mass is 10.1. The molecule has 5 heteroatoms. The third kappa shape index (κ3) is 2.85. The van der Waals surface area contributed by atoms with Gasteiger partial charge in [0.1, 0.15) is 6.04 Å². The molecule has 98 valence electrons. The van der Waals surface area contributed by atoms with Crippen molar-refractivity contribution in [2.45, 2.75) is 26.8 Å². The first-order chi connectivity index (χ1) is 8.40. The predicted octanol–water partition coefficient (Wildman–Crippen LogP) is 2.04. The lowest BCUT2D eigenvalue weighted by molar-refractivity contribution is -0.139. The molecule has 1 N–H and O–H groups in total. The van der Waals surface area contributed by atoms with E-state index in [2.05, 4.69) is 12.6 Å². The molecule has 1 rings (SSSR count). The first kappa shape index (κ1) is 14.6. The second-order valence-electron chi connectivity index (χ2n) is 4.18. The number of carbonyl (C=O) groups is 2. The number of carboxylic acid groups (broad SMARTS) is 1. The average Bonchev–Trinajstić information content (AvgIpc) is 2.32. The molecule has 0 bridgehead atoms. The van der Waals surface area contributed by atoms with Crippen LogP contribution in [-0.4, -0.2) is 28.8 Å². The summed E-state index contributed by atoms with van der Waals surface area (Å²) in [6.45, 7) is 5.21. The zero-order valence-electron chi connectivity index (χ0n) is 10.7. The Bertz CT molecular complexity index is 453. The van der Waals surface area contributed by atoms with Crippen LogP contribution in [0.25, 0.3) is 0 Å². The van der Waals surface area contributed by atoms with Gasteiger partial charge in [-0.2, -0.15) is 12.6 Å². The van der Waals surface area contributed by atoms with Crippen molar-refractivity contribution < 1.29 is 14.7 Å². The second-order valence-corrected chi connectivity index (χ2v) is 4.49. The van der Waals surface area contributed by atoms with Gasteiger partial charge in [-0.05, 0) is 31.9 Å². The van der Waals surface area contributed by atoms with Crippen molar-refractivity contribution >= 4 is 30.2 Å². The van der Waals surface area contributed by atoms with E-state index >= 15 is 0 Å². The third-order valence-electron chi connectivity index (χ3n) is 2.83. The van der Waals surface area contributed by atoms with E-state index in [0.717, 1.165) is 11.1 Å². The van der Waals surface area contributed by atoms with Crippen LogP contribution in [0.5, 0.6) is 0 Å². The van der Waals surface area contributed by atoms with Crippen LogP contribution >= 0.6 is 12.6 Å². The van der Waals surface area contributed by atoms with Crippen LogP contribution < -0.4 is 4.90 Å². The largest absolute Gasteiger partial charge is 0.480 e. The standard InChI is InChI=1S/C13H17NO3S/c1-8-5-4-6-9(2)12(8)14(11(15)7-18)10(3)13(16)17/h4-6,10,18H,7H2,1-3H3,(H,16,17)/t10-/m0/s1. The van der Waals surface area contributed by atoms with Crippen molar-refractivity contribution in [2.75, 3.05) is 10.7 Å². The fourth-order valence-corrected chi connectivity index (χ4v) is 2.06. The topological polar surface area (TPSA) is 57.6 Å². The van der Waals surface area contributed by atoms with Crippen molar-refractivity contribution in [3.63, 3.8) is 0 Å². The van der Waals surface area contributed by atoms with Gasteiger partial charge in [-0.15, -0.1) is 0 Å². The average molecular weight is 267 g/mol. The number of hydrogen-bond acceptors (Lipinski definition) is 3. The lowest BCUT2D eigenvalue weighted by Gasteiger charge is -2.29. The Kier molecular flexibility index (Phi) is 4.78. The maximum atomic E-state index is 11.9. The molecule has 0 aliphatic heterocycles. The monoisotopic (exact) mass is 267 g/mol. The highest BCUT2D eigenvalue weighted by Gasteiger charge is 2.28. The highest BCUT2D eigenvalue weighted by molar-refractivity contribution is 7.81. The number of rotatable bonds is 4. The van der Waals surface area contributed by atoms with Gasteiger partial charge in [-0.3, -0.25) is 9.69 Å². The smallest absolute Gasteiger partial charge is 0.326 e. The maximum absolute atomic E-state index is 11.9. The van der Waals surface area contributed by atoms with Crippen LogP contribution in [-0.2, 0) is 9.59 Å². The van der Waals surface area contributed by atoms with E-state index in [9.17, 15) is 9.59 Å². The summed E-state index contributed by atoms with van der Waals surface area (Å²) in [4.78, 5) is 24.4. The molecule has 0 aliphatic carbocycles. The zero-order valence-corrected chi connectivity index (χ0v) is 11.6. The van der Waals surface area contributed by atoms with E-state index in [1.54, 1.807) is 0 Å². The fourth-order valence-electron chi connectivity index (χ4n) is 1.91. The molecule has 0 fully saturated rings. The first-order valence-electron chi connectivity index (χ1n) is 5.62. The number of aryl methyl sites for hydroxylation is 2. The summed E-state index contributed by atoms with van der Waals surface area (Å²) in [6, 6.07) is 4.68. The normalized spacial score (nSPS) is 12.0. The maximum Gasteiger partial charge on any atom is 0.326 e. The number of anilines is 1. The number of nitrogens with zero attached hydrogens (tertiary/aromatic N) is 1. The van der Waals surface area contributed by atoms with E-state index in [4.69, 9.17) is 5.11 Å². The van der Waals surface area contributed by atoms with E-state index < -0.39 is 12.0 Å². The summed E-state index contributed by atoms with van der Waals surface area (Å²) in [5, 5.41) is 9.12. The van der Waals surface area contributed by atoms with Crippen LogP contribution in [0.2, 0.25) is 0 Å². The summed E-state index contributed by atoms with van der Waals surface area (Å²) in [5.41, 5.74) is 2.41. The third-order valence-corrected chi connectivity index (χ3v) is 3.10. The quantitative estimate of drug-likeness (QED) is 0.821. The summed E-state index contributed by atoms with van der Waals surface area (Å²) in [5.74, 6) is -1.37. The van der Waals surface area contributed by atoms with Gasteiger partial charge in [0.05, 0.1) is 11.4 Å². The lowest BCUT2D eigenvalue weighted by Crippen LogP contribution is -2.45. The summed E-state index contributed by atoms with van der Waals surface area (Å²) < 4.78 is 0. The Labute approximate surface area is 112 Å². The molecular formula is C13H17NO3S. The minimum absolute atomic E-state index is 0.0224. The minimum atomic E-state index is -1.03. The van der Waals surface area contributed by atoms with Gasteiger partial charge >= 0.3 is 5.97 Å². The number of para-hydroxylation sites is 1. The molecule has 0 saturated carbocycles. The van der Waals surface area contributed by atoms with Gasteiger partial charge in [0, 0.05) is 0 Å². The molecule has 18 heavy (non-hydrogen) atoms. The van der Waals surface area contributed by atoms with Crippen LogP contribution in [0.3, 0.4) is 0 Å². The summed E-state index contributed by atoms with van der Waals surface area (Å²) in [6.07, 6.45) is 0. The van der Waals surface area contributed by atoms with Crippen molar-refractivity contribution in [1.82, 2.24) is 0 Å². The van der Waals surface area contributed by atoms with Crippen LogP contribution in [0.4, 0.5) is 5.69 Å². The Hall–Kier alpha value is -1.49. The number of carbonyl (C=O) groups excluding carboxylic acids is 1. The van der Waals surface area contributed by atoms with Gasteiger partial charge in [-0.25, -0.2) is 4.79 Å². The van der Waals surface area contributed by atoms with Crippen molar-refractivity contribution in [2.24, 2.45) is 0 Å².